The van der Waals surface area contributed by atoms with Gasteiger partial charge in [-0.25, -0.2) is 4.79 Å². The van der Waals surface area contributed by atoms with E-state index in [4.69, 9.17) is 4.74 Å². The van der Waals surface area contributed by atoms with Gasteiger partial charge in [0.05, 0.1) is 0 Å². The number of hydrogen-bond acceptors (Lipinski definition) is 4. The summed E-state index contributed by atoms with van der Waals surface area (Å²) < 4.78 is 5.00. The summed E-state index contributed by atoms with van der Waals surface area (Å²) in [7, 11) is 0. The van der Waals surface area contributed by atoms with E-state index in [1.807, 2.05) is 0 Å². The molecule has 114 valence electrons. The third-order valence-corrected chi connectivity index (χ3v) is 3.45. The van der Waals surface area contributed by atoms with E-state index >= 15 is 0 Å². The summed E-state index contributed by atoms with van der Waals surface area (Å²) in [5.41, 5.74) is 0.622. The predicted molar refractivity (Wildman–Crippen MR) is 80.5 cm³/mol. The van der Waals surface area contributed by atoms with Crippen LogP contribution >= 0.6 is 0 Å². The summed E-state index contributed by atoms with van der Waals surface area (Å²) in [6.45, 7) is 7.73. The Bertz CT molecular complexity index is 511. The van der Waals surface area contributed by atoms with E-state index in [0.29, 0.717) is 11.4 Å². The second kappa shape index (κ2) is 7.08. The molecule has 2 amide bonds. The van der Waals surface area contributed by atoms with Crippen LogP contribution in [0.2, 0.25) is 0 Å². The van der Waals surface area contributed by atoms with Crippen LogP contribution in [0.3, 0.4) is 0 Å². The Morgan fingerprint density at radius 3 is 2.57 bits per heavy atom. The highest BCUT2D eigenvalue weighted by Crippen LogP contribution is 2.18. The molecule has 0 aliphatic carbocycles. The minimum Gasteiger partial charge on any atom is -0.427 e. The number of ether oxygens (including phenoxy) is 1. The topological polar surface area (TPSA) is 61.9 Å². The smallest absolute Gasteiger partial charge is 0.321 e. The first-order valence-electron chi connectivity index (χ1n) is 7.15. The molecule has 0 radical (unpaired) electrons. The average molecular weight is 291 g/mol. The van der Waals surface area contributed by atoms with Crippen LogP contribution in [0.1, 0.15) is 13.8 Å². The fourth-order valence-electron chi connectivity index (χ4n) is 2.27. The van der Waals surface area contributed by atoms with E-state index in [1.165, 1.54) is 6.92 Å². The molecule has 1 aromatic rings. The van der Waals surface area contributed by atoms with Crippen molar-refractivity contribution >= 4 is 17.7 Å². The lowest BCUT2D eigenvalue weighted by Gasteiger charge is -2.33. The SMILES string of the molecule is CCN1CCN(C(=O)Nc2cccc(OC(C)=O)c2)CC1. The number of nitrogens with zero attached hydrogens (tertiary/aromatic N) is 2. The Labute approximate surface area is 124 Å². The van der Waals surface area contributed by atoms with Crippen LogP contribution < -0.4 is 10.1 Å². The van der Waals surface area contributed by atoms with Gasteiger partial charge < -0.3 is 19.9 Å². The maximum absolute atomic E-state index is 12.2. The van der Waals surface area contributed by atoms with Crippen LogP contribution in [-0.4, -0.2) is 54.5 Å². The lowest BCUT2D eigenvalue weighted by molar-refractivity contribution is -0.131. The Balaban J connectivity index is 1.92. The highest BCUT2D eigenvalue weighted by molar-refractivity contribution is 5.89. The summed E-state index contributed by atoms with van der Waals surface area (Å²) in [5, 5.41) is 2.84. The average Bonchev–Trinajstić information content (AvgIpc) is 2.47. The van der Waals surface area contributed by atoms with Gasteiger partial charge in [-0.1, -0.05) is 13.0 Å². The van der Waals surface area contributed by atoms with Gasteiger partial charge in [0.2, 0.25) is 0 Å². The lowest BCUT2D eigenvalue weighted by Crippen LogP contribution is -2.49. The second-order valence-electron chi connectivity index (χ2n) is 4.97. The number of hydrogen-bond donors (Lipinski definition) is 1. The number of piperazine rings is 1. The van der Waals surface area contributed by atoms with Crippen molar-refractivity contribution in [2.45, 2.75) is 13.8 Å². The number of carbonyl (C=O) groups is 2. The fraction of sp³-hybridized carbons (Fsp3) is 0.467. The normalized spacial score (nSPS) is 15.6. The zero-order valence-corrected chi connectivity index (χ0v) is 12.5. The third kappa shape index (κ3) is 4.46. The Morgan fingerprint density at radius 2 is 1.95 bits per heavy atom. The van der Waals surface area contributed by atoms with Gasteiger partial charge >= 0.3 is 12.0 Å². The zero-order valence-electron chi connectivity index (χ0n) is 12.5. The van der Waals surface area contributed by atoms with Crippen LogP contribution in [0.25, 0.3) is 0 Å². The number of amides is 2. The van der Waals surface area contributed by atoms with Gasteiger partial charge in [0.15, 0.2) is 0 Å². The van der Waals surface area contributed by atoms with E-state index in [2.05, 4.69) is 17.1 Å². The molecule has 0 bridgehead atoms. The van der Waals surface area contributed by atoms with Crippen molar-refractivity contribution in [2.75, 3.05) is 38.0 Å². The van der Waals surface area contributed by atoms with Crippen molar-refractivity contribution in [1.82, 2.24) is 9.80 Å². The predicted octanol–water partition coefficient (Wildman–Crippen LogP) is 1.78. The van der Waals surface area contributed by atoms with Crippen LogP contribution in [0, 0.1) is 0 Å². The summed E-state index contributed by atoms with van der Waals surface area (Å²) in [4.78, 5) is 27.2. The van der Waals surface area contributed by atoms with E-state index < -0.39 is 0 Å². The molecule has 0 saturated carbocycles. The van der Waals surface area contributed by atoms with Crippen LogP contribution in [0.15, 0.2) is 24.3 Å². The maximum Gasteiger partial charge on any atom is 0.321 e. The van der Waals surface area contributed by atoms with Crippen LogP contribution in [-0.2, 0) is 4.79 Å². The number of nitrogens with one attached hydrogen (secondary N) is 1. The molecule has 0 spiro atoms. The highest BCUT2D eigenvalue weighted by atomic mass is 16.5. The molecule has 1 saturated heterocycles. The minimum absolute atomic E-state index is 0.120. The molecule has 2 rings (SSSR count). The van der Waals surface area contributed by atoms with Gasteiger partial charge in [0.25, 0.3) is 0 Å². The van der Waals surface area contributed by atoms with Gasteiger partial charge in [0, 0.05) is 44.9 Å². The number of rotatable bonds is 3. The molecule has 1 fully saturated rings. The molecule has 0 atom stereocenters. The molecule has 1 heterocycles. The Kier molecular flexibility index (Phi) is 5.16. The zero-order chi connectivity index (χ0) is 15.2. The number of carbonyl (C=O) groups excluding carboxylic acids is 2. The van der Waals surface area contributed by atoms with E-state index in [1.54, 1.807) is 29.2 Å². The molecule has 21 heavy (non-hydrogen) atoms. The van der Waals surface area contributed by atoms with E-state index in [0.717, 1.165) is 32.7 Å². The Morgan fingerprint density at radius 1 is 1.24 bits per heavy atom. The first kappa shape index (κ1) is 15.3. The van der Waals surface area contributed by atoms with Crippen molar-refractivity contribution in [3.8, 4) is 5.75 Å². The van der Waals surface area contributed by atoms with Gasteiger partial charge in [-0.3, -0.25) is 4.79 Å². The monoisotopic (exact) mass is 291 g/mol. The van der Waals surface area contributed by atoms with Gasteiger partial charge in [0.1, 0.15) is 5.75 Å². The lowest BCUT2D eigenvalue weighted by atomic mass is 10.3. The highest BCUT2D eigenvalue weighted by Gasteiger charge is 2.20. The molecule has 6 nitrogen and oxygen atoms in total. The van der Waals surface area contributed by atoms with Gasteiger partial charge in [-0.15, -0.1) is 0 Å². The number of likely N-dealkylation sites (N-methyl/N-ethyl adjacent to an activating group) is 1. The van der Waals surface area contributed by atoms with Crippen molar-refractivity contribution in [3.05, 3.63) is 24.3 Å². The maximum atomic E-state index is 12.2. The standard InChI is InChI=1S/C15H21N3O3/c1-3-17-7-9-18(10-8-17)15(20)16-13-5-4-6-14(11-13)21-12(2)19/h4-6,11H,3,7-10H2,1-2H3,(H,16,20). The molecule has 1 aliphatic rings. The van der Waals surface area contributed by atoms with Crippen molar-refractivity contribution in [3.63, 3.8) is 0 Å². The van der Waals surface area contributed by atoms with Gasteiger partial charge in [-0.2, -0.15) is 0 Å². The third-order valence-electron chi connectivity index (χ3n) is 3.45. The van der Waals surface area contributed by atoms with E-state index in [9.17, 15) is 9.59 Å². The van der Waals surface area contributed by atoms with Crippen LogP contribution in [0.4, 0.5) is 10.5 Å². The minimum atomic E-state index is -0.380. The molecular weight excluding hydrogens is 270 g/mol. The largest absolute Gasteiger partial charge is 0.427 e. The summed E-state index contributed by atoms with van der Waals surface area (Å²) in [5.74, 6) is 0.0465. The van der Waals surface area contributed by atoms with Crippen molar-refractivity contribution in [2.24, 2.45) is 0 Å². The van der Waals surface area contributed by atoms with Crippen LogP contribution in [0.5, 0.6) is 5.75 Å². The molecule has 0 aromatic heterocycles. The summed E-state index contributed by atoms with van der Waals surface area (Å²) >= 11 is 0. The molecule has 1 aromatic carbocycles. The van der Waals surface area contributed by atoms with Gasteiger partial charge in [-0.05, 0) is 18.7 Å². The molecule has 1 aliphatic heterocycles. The quantitative estimate of drug-likeness (QED) is 0.681. The first-order chi connectivity index (χ1) is 10.1. The number of anilines is 1. The van der Waals surface area contributed by atoms with Crippen molar-refractivity contribution in [1.29, 1.82) is 0 Å². The molecular formula is C15H21N3O3. The summed E-state index contributed by atoms with van der Waals surface area (Å²) in [6, 6.07) is 6.71. The molecule has 0 unspecified atom stereocenters. The summed E-state index contributed by atoms with van der Waals surface area (Å²) in [6.07, 6.45) is 0. The number of esters is 1. The Hall–Kier alpha value is -2.08. The second-order valence-corrected chi connectivity index (χ2v) is 4.97. The number of benzene rings is 1. The fourth-order valence-corrected chi connectivity index (χ4v) is 2.27. The molecule has 6 heteroatoms. The first-order valence-corrected chi connectivity index (χ1v) is 7.15. The van der Waals surface area contributed by atoms with Crippen molar-refractivity contribution < 1.29 is 14.3 Å². The van der Waals surface area contributed by atoms with E-state index in [-0.39, 0.29) is 12.0 Å². The molecule has 1 N–H and O–H groups in total. The number of urea groups is 1.